The van der Waals surface area contributed by atoms with Crippen molar-refractivity contribution in [3.05, 3.63) is 63.6 Å². The van der Waals surface area contributed by atoms with Crippen LogP contribution in [-0.4, -0.2) is 49.7 Å². The molecule has 0 radical (unpaired) electrons. The summed E-state index contributed by atoms with van der Waals surface area (Å²) < 4.78 is 53.4. The van der Waals surface area contributed by atoms with Gasteiger partial charge >= 0.3 is 0 Å². The molecule has 1 aliphatic heterocycles. The van der Waals surface area contributed by atoms with E-state index in [0.717, 1.165) is 16.4 Å². The van der Waals surface area contributed by atoms with Gasteiger partial charge in [0, 0.05) is 41.8 Å². The van der Waals surface area contributed by atoms with E-state index in [0.29, 0.717) is 21.7 Å². The number of nitrogens with zero attached hydrogens (tertiary/aromatic N) is 2. The molecule has 1 aliphatic rings. The lowest BCUT2D eigenvalue weighted by Gasteiger charge is -2.34. The second-order valence-electron chi connectivity index (χ2n) is 5.93. The molecule has 10 heteroatoms. The van der Waals surface area contributed by atoms with Crippen LogP contribution in [0.3, 0.4) is 0 Å². The van der Waals surface area contributed by atoms with Crippen LogP contribution in [-0.2, 0) is 10.0 Å². The van der Waals surface area contributed by atoms with Crippen LogP contribution in [0.5, 0.6) is 0 Å². The highest BCUT2D eigenvalue weighted by Gasteiger charge is 2.32. The molecule has 3 rings (SSSR count). The topological polar surface area (TPSA) is 57.7 Å². The third-order valence-electron chi connectivity index (χ3n) is 4.15. The average Bonchev–Trinajstić information content (AvgIpc) is 2.62. The highest BCUT2D eigenvalue weighted by atomic mass is 35.5. The Hall–Kier alpha value is -1.74. The molecule has 0 N–H and O–H groups in total. The minimum Gasteiger partial charge on any atom is -0.336 e. The number of sulfonamides is 1. The average molecular weight is 435 g/mol. The molecule has 0 spiro atoms. The summed E-state index contributed by atoms with van der Waals surface area (Å²) >= 11 is 11.8. The lowest BCUT2D eigenvalue weighted by Crippen LogP contribution is -2.50. The minimum atomic E-state index is -4.20. The molecule has 0 saturated carbocycles. The van der Waals surface area contributed by atoms with E-state index >= 15 is 0 Å². The Labute approximate surface area is 165 Å². The minimum absolute atomic E-state index is 0.0433. The predicted octanol–water partition coefficient (Wildman–Crippen LogP) is 3.42. The molecular formula is C17H14Cl2F2N2O3S. The normalized spacial score (nSPS) is 15.8. The fraction of sp³-hybridized carbons (Fsp3) is 0.235. The van der Waals surface area contributed by atoms with Crippen LogP contribution >= 0.6 is 23.2 Å². The molecular weight excluding hydrogens is 421 g/mol. The summed E-state index contributed by atoms with van der Waals surface area (Å²) in [5.41, 5.74) is 0.292. The molecule has 0 aliphatic carbocycles. The van der Waals surface area contributed by atoms with Crippen LogP contribution in [0.4, 0.5) is 8.78 Å². The van der Waals surface area contributed by atoms with Crippen LogP contribution in [0.15, 0.2) is 41.3 Å². The van der Waals surface area contributed by atoms with Gasteiger partial charge in [-0.1, -0.05) is 23.2 Å². The highest BCUT2D eigenvalue weighted by molar-refractivity contribution is 7.89. The van der Waals surface area contributed by atoms with E-state index in [-0.39, 0.29) is 32.1 Å². The maximum Gasteiger partial charge on any atom is 0.254 e. The maximum atomic E-state index is 13.9. The Morgan fingerprint density at radius 2 is 1.52 bits per heavy atom. The molecule has 144 valence electrons. The van der Waals surface area contributed by atoms with Gasteiger partial charge in [-0.2, -0.15) is 4.31 Å². The van der Waals surface area contributed by atoms with Gasteiger partial charge in [-0.3, -0.25) is 4.79 Å². The SMILES string of the molecule is O=C(c1cc(Cl)cc(Cl)c1)N1CCN(S(=O)(=O)c2cc(F)ccc2F)CC1. The monoisotopic (exact) mass is 434 g/mol. The quantitative estimate of drug-likeness (QED) is 0.743. The van der Waals surface area contributed by atoms with E-state index in [4.69, 9.17) is 23.2 Å². The van der Waals surface area contributed by atoms with Gasteiger partial charge in [-0.25, -0.2) is 17.2 Å². The molecule has 2 aromatic carbocycles. The number of hydrogen-bond acceptors (Lipinski definition) is 3. The molecule has 0 unspecified atom stereocenters. The van der Waals surface area contributed by atoms with Gasteiger partial charge < -0.3 is 4.90 Å². The Morgan fingerprint density at radius 1 is 0.926 bits per heavy atom. The first-order valence-corrected chi connectivity index (χ1v) is 10.1. The van der Waals surface area contributed by atoms with E-state index in [1.54, 1.807) is 0 Å². The third kappa shape index (κ3) is 4.24. The Morgan fingerprint density at radius 3 is 2.11 bits per heavy atom. The van der Waals surface area contributed by atoms with Crippen LogP contribution < -0.4 is 0 Å². The van der Waals surface area contributed by atoms with Gasteiger partial charge in [0.25, 0.3) is 5.91 Å². The summed E-state index contributed by atoms with van der Waals surface area (Å²) in [4.78, 5) is 13.3. The van der Waals surface area contributed by atoms with Crippen LogP contribution in [0, 0.1) is 11.6 Å². The number of hydrogen-bond donors (Lipinski definition) is 0. The zero-order chi connectivity index (χ0) is 19.8. The van der Waals surface area contributed by atoms with Crippen molar-refractivity contribution < 1.29 is 22.0 Å². The number of halogens is 4. The second kappa shape index (κ2) is 7.71. The molecule has 0 aromatic heterocycles. The van der Waals surface area contributed by atoms with Crippen molar-refractivity contribution in [1.29, 1.82) is 0 Å². The van der Waals surface area contributed by atoms with Crippen LogP contribution in [0.2, 0.25) is 10.0 Å². The van der Waals surface area contributed by atoms with Gasteiger partial charge in [-0.15, -0.1) is 0 Å². The smallest absolute Gasteiger partial charge is 0.254 e. The number of amides is 1. The van der Waals surface area contributed by atoms with Crippen molar-refractivity contribution in [3.8, 4) is 0 Å². The second-order valence-corrected chi connectivity index (χ2v) is 8.71. The van der Waals surface area contributed by atoms with Crippen molar-refractivity contribution in [2.45, 2.75) is 4.90 Å². The fourth-order valence-electron chi connectivity index (χ4n) is 2.81. The van der Waals surface area contributed by atoms with Crippen molar-refractivity contribution in [3.63, 3.8) is 0 Å². The van der Waals surface area contributed by atoms with Gasteiger partial charge in [0.2, 0.25) is 10.0 Å². The van der Waals surface area contributed by atoms with E-state index in [9.17, 15) is 22.0 Å². The summed E-state index contributed by atoms with van der Waals surface area (Å²) in [7, 11) is -4.20. The number of carbonyl (C=O) groups excluding carboxylic acids is 1. The molecule has 0 atom stereocenters. The van der Waals surface area contributed by atoms with Gasteiger partial charge in [-0.05, 0) is 36.4 Å². The largest absolute Gasteiger partial charge is 0.336 e. The Balaban J connectivity index is 1.75. The lowest BCUT2D eigenvalue weighted by atomic mass is 10.2. The number of piperazine rings is 1. The number of carbonyl (C=O) groups is 1. The predicted molar refractivity (Wildman–Crippen MR) is 97.5 cm³/mol. The highest BCUT2D eigenvalue weighted by Crippen LogP contribution is 2.24. The van der Waals surface area contributed by atoms with Crippen molar-refractivity contribution >= 4 is 39.1 Å². The molecule has 1 heterocycles. The van der Waals surface area contributed by atoms with Crippen molar-refractivity contribution in [1.82, 2.24) is 9.21 Å². The zero-order valence-electron chi connectivity index (χ0n) is 13.8. The zero-order valence-corrected chi connectivity index (χ0v) is 16.2. The van der Waals surface area contributed by atoms with E-state index in [1.165, 1.54) is 23.1 Å². The van der Waals surface area contributed by atoms with Crippen molar-refractivity contribution in [2.24, 2.45) is 0 Å². The maximum absolute atomic E-state index is 13.9. The molecule has 0 bridgehead atoms. The van der Waals surface area contributed by atoms with Gasteiger partial charge in [0.05, 0.1) is 0 Å². The van der Waals surface area contributed by atoms with E-state index in [1.807, 2.05) is 0 Å². The summed E-state index contributed by atoms with van der Waals surface area (Å²) in [6, 6.07) is 6.71. The first-order valence-electron chi connectivity index (χ1n) is 7.89. The van der Waals surface area contributed by atoms with Gasteiger partial charge in [0.15, 0.2) is 0 Å². The lowest BCUT2D eigenvalue weighted by molar-refractivity contribution is 0.0697. The number of benzene rings is 2. The van der Waals surface area contributed by atoms with Crippen LogP contribution in [0.25, 0.3) is 0 Å². The molecule has 2 aromatic rings. The molecule has 1 amide bonds. The standard InChI is InChI=1S/C17H14Cl2F2N2O3S/c18-12-7-11(8-13(19)9-12)17(24)22-3-5-23(6-4-22)27(25,26)16-10-14(20)1-2-15(16)21/h1-2,7-10H,3-6H2. The summed E-state index contributed by atoms with van der Waals surface area (Å²) in [6.45, 7) is 0.106. The van der Waals surface area contributed by atoms with E-state index < -0.39 is 26.6 Å². The Kier molecular flexibility index (Phi) is 5.71. The molecule has 27 heavy (non-hydrogen) atoms. The summed E-state index contributed by atoms with van der Waals surface area (Å²) in [5.74, 6) is -2.21. The number of rotatable bonds is 3. The molecule has 1 fully saturated rings. The molecule has 5 nitrogen and oxygen atoms in total. The first kappa shape index (κ1) is 20.0. The van der Waals surface area contributed by atoms with E-state index in [2.05, 4.69) is 0 Å². The van der Waals surface area contributed by atoms with Gasteiger partial charge in [0.1, 0.15) is 16.5 Å². The third-order valence-corrected chi connectivity index (χ3v) is 6.50. The first-order chi connectivity index (χ1) is 12.7. The van der Waals surface area contributed by atoms with Crippen molar-refractivity contribution in [2.75, 3.05) is 26.2 Å². The molecule has 1 saturated heterocycles. The fourth-order valence-corrected chi connectivity index (χ4v) is 4.83. The van der Waals surface area contributed by atoms with Crippen LogP contribution in [0.1, 0.15) is 10.4 Å². The summed E-state index contributed by atoms with van der Waals surface area (Å²) in [5, 5.41) is 0.627. The Bertz CT molecular complexity index is 973. The summed E-state index contributed by atoms with van der Waals surface area (Å²) in [6.07, 6.45) is 0.